The Labute approximate surface area is 157 Å². The highest BCUT2D eigenvalue weighted by molar-refractivity contribution is 6.05. The van der Waals surface area contributed by atoms with Crippen LogP contribution in [0.25, 0.3) is 0 Å². The Morgan fingerprint density at radius 3 is 2.70 bits per heavy atom. The second kappa shape index (κ2) is 6.05. The SMILES string of the molecule is O=C1CCC(N2Cc3c(ccc4c3OCCC43CCNCC3)C2=O)C(=O)N1. The third-order valence-corrected chi connectivity index (χ3v) is 6.63. The molecule has 4 aliphatic heterocycles. The van der Waals surface area contributed by atoms with Crippen LogP contribution in [-0.4, -0.2) is 48.4 Å². The van der Waals surface area contributed by atoms with E-state index in [9.17, 15) is 14.4 Å². The number of benzene rings is 1. The predicted molar refractivity (Wildman–Crippen MR) is 96.4 cm³/mol. The van der Waals surface area contributed by atoms with Crippen LogP contribution >= 0.6 is 0 Å². The van der Waals surface area contributed by atoms with Crippen LogP contribution in [-0.2, 0) is 21.5 Å². The molecule has 0 saturated carbocycles. The lowest BCUT2D eigenvalue weighted by Crippen LogP contribution is -2.52. The second-order valence-corrected chi connectivity index (χ2v) is 8.00. The van der Waals surface area contributed by atoms with Crippen molar-refractivity contribution in [1.82, 2.24) is 15.5 Å². The Hall–Kier alpha value is -2.41. The summed E-state index contributed by atoms with van der Waals surface area (Å²) in [6, 6.07) is 3.38. The van der Waals surface area contributed by atoms with E-state index < -0.39 is 6.04 Å². The van der Waals surface area contributed by atoms with Crippen LogP contribution in [0.1, 0.15) is 53.6 Å². The summed E-state index contributed by atoms with van der Waals surface area (Å²) in [7, 11) is 0. The Balaban J connectivity index is 1.50. The Kier molecular flexibility index (Phi) is 3.75. The molecule has 1 aromatic rings. The molecule has 0 radical (unpaired) electrons. The van der Waals surface area contributed by atoms with Crippen molar-refractivity contribution >= 4 is 17.7 Å². The van der Waals surface area contributed by atoms with Gasteiger partial charge in [0.05, 0.1) is 13.2 Å². The van der Waals surface area contributed by atoms with E-state index in [-0.39, 0.29) is 29.6 Å². The van der Waals surface area contributed by atoms with Gasteiger partial charge in [-0.3, -0.25) is 19.7 Å². The fraction of sp³-hybridized carbons (Fsp3) is 0.550. The summed E-state index contributed by atoms with van der Waals surface area (Å²) in [6.07, 6.45) is 3.80. The number of rotatable bonds is 1. The summed E-state index contributed by atoms with van der Waals surface area (Å²) in [6.45, 7) is 3.03. The first-order chi connectivity index (χ1) is 13.1. The van der Waals surface area contributed by atoms with Gasteiger partial charge < -0.3 is 15.0 Å². The number of carbonyl (C=O) groups excluding carboxylic acids is 3. The normalized spacial score (nSPS) is 26.4. The molecule has 1 spiro atoms. The highest BCUT2D eigenvalue weighted by atomic mass is 16.5. The summed E-state index contributed by atoms with van der Waals surface area (Å²) in [5.74, 6) is 0.0608. The first-order valence-electron chi connectivity index (χ1n) is 9.74. The highest BCUT2D eigenvalue weighted by Gasteiger charge is 2.44. The number of amides is 3. The quantitative estimate of drug-likeness (QED) is 0.717. The summed E-state index contributed by atoms with van der Waals surface area (Å²) < 4.78 is 6.07. The third kappa shape index (κ3) is 2.48. The zero-order valence-corrected chi connectivity index (χ0v) is 15.2. The lowest BCUT2D eigenvalue weighted by molar-refractivity contribution is -0.136. The maximum atomic E-state index is 13.0. The number of hydrogen-bond donors (Lipinski definition) is 2. The maximum absolute atomic E-state index is 13.0. The van der Waals surface area contributed by atoms with Gasteiger partial charge >= 0.3 is 0 Å². The largest absolute Gasteiger partial charge is 0.493 e. The fourth-order valence-electron chi connectivity index (χ4n) is 5.10. The van der Waals surface area contributed by atoms with Gasteiger partial charge in [-0.1, -0.05) is 6.07 Å². The van der Waals surface area contributed by atoms with Gasteiger partial charge in [-0.15, -0.1) is 0 Å². The number of piperidine rings is 2. The van der Waals surface area contributed by atoms with E-state index in [4.69, 9.17) is 4.74 Å². The topological polar surface area (TPSA) is 87.7 Å². The average molecular weight is 369 g/mol. The Morgan fingerprint density at radius 1 is 1.11 bits per heavy atom. The zero-order chi connectivity index (χ0) is 18.6. The lowest BCUT2D eigenvalue weighted by Gasteiger charge is -2.42. The molecule has 5 rings (SSSR count). The lowest BCUT2D eigenvalue weighted by atomic mass is 9.69. The standard InChI is InChI=1S/C20H23N3O4/c24-16-4-3-15(18(25)22-16)23-11-13-12(19(23)26)1-2-14-17(13)27-10-7-20(14)5-8-21-9-6-20/h1-2,15,21H,3-11H2,(H,22,24,25). The van der Waals surface area contributed by atoms with E-state index in [1.165, 1.54) is 5.56 Å². The number of ether oxygens (including phenoxy) is 1. The molecule has 1 aromatic carbocycles. The summed E-state index contributed by atoms with van der Waals surface area (Å²) >= 11 is 0. The van der Waals surface area contributed by atoms with E-state index in [1.54, 1.807) is 4.90 Å². The molecule has 1 unspecified atom stereocenters. The zero-order valence-electron chi connectivity index (χ0n) is 15.2. The number of fused-ring (bicyclic) bond motifs is 4. The van der Waals surface area contributed by atoms with Crippen molar-refractivity contribution in [3.63, 3.8) is 0 Å². The van der Waals surface area contributed by atoms with Crippen molar-refractivity contribution < 1.29 is 19.1 Å². The molecule has 7 nitrogen and oxygen atoms in total. The third-order valence-electron chi connectivity index (χ3n) is 6.63. The van der Waals surface area contributed by atoms with Gasteiger partial charge in [0.1, 0.15) is 11.8 Å². The summed E-state index contributed by atoms with van der Waals surface area (Å²) in [5.41, 5.74) is 2.87. The summed E-state index contributed by atoms with van der Waals surface area (Å²) in [5, 5.41) is 5.78. The van der Waals surface area contributed by atoms with E-state index in [1.807, 2.05) is 6.07 Å². The van der Waals surface area contributed by atoms with Crippen molar-refractivity contribution in [3.05, 3.63) is 28.8 Å². The number of nitrogens with one attached hydrogen (secondary N) is 2. The molecule has 142 valence electrons. The van der Waals surface area contributed by atoms with Crippen molar-refractivity contribution in [2.45, 2.75) is 50.1 Å². The molecular formula is C20H23N3O4. The number of carbonyl (C=O) groups is 3. The molecule has 2 saturated heterocycles. The van der Waals surface area contributed by atoms with Gasteiger partial charge in [0.2, 0.25) is 11.8 Å². The molecule has 27 heavy (non-hydrogen) atoms. The van der Waals surface area contributed by atoms with Gasteiger partial charge in [0, 0.05) is 28.5 Å². The maximum Gasteiger partial charge on any atom is 0.255 e. The van der Waals surface area contributed by atoms with Crippen molar-refractivity contribution in [3.8, 4) is 5.75 Å². The minimum atomic E-state index is -0.588. The van der Waals surface area contributed by atoms with Crippen molar-refractivity contribution in [2.24, 2.45) is 0 Å². The molecule has 2 fully saturated rings. The van der Waals surface area contributed by atoms with Crippen LogP contribution in [0.3, 0.4) is 0 Å². The average Bonchev–Trinajstić information content (AvgIpc) is 3.00. The van der Waals surface area contributed by atoms with Crippen molar-refractivity contribution in [1.29, 1.82) is 0 Å². The molecule has 3 amide bonds. The fourth-order valence-corrected chi connectivity index (χ4v) is 5.10. The predicted octanol–water partition coefficient (Wildman–Crippen LogP) is 0.851. The molecule has 0 aromatic heterocycles. The monoisotopic (exact) mass is 369 g/mol. The minimum Gasteiger partial charge on any atom is -0.493 e. The first-order valence-corrected chi connectivity index (χ1v) is 9.74. The molecule has 2 N–H and O–H groups in total. The summed E-state index contributed by atoms with van der Waals surface area (Å²) in [4.78, 5) is 38.3. The van der Waals surface area contributed by atoms with Crippen LogP contribution in [0.15, 0.2) is 12.1 Å². The van der Waals surface area contributed by atoms with Crippen LogP contribution < -0.4 is 15.4 Å². The molecule has 4 heterocycles. The van der Waals surface area contributed by atoms with E-state index in [2.05, 4.69) is 16.7 Å². The van der Waals surface area contributed by atoms with Gasteiger partial charge in [-0.05, 0) is 44.8 Å². The molecule has 7 heteroatoms. The van der Waals surface area contributed by atoms with Gasteiger partial charge in [-0.2, -0.15) is 0 Å². The number of hydrogen-bond acceptors (Lipinski definition) is 5. The smallest absolute Gasteiger partial charge is 0.255 e. The van der Waals surface area contributed by atoms with Crippen LogP contribution in [0, 0.1) is 0 Å². The van der Waals surface area contributed by atoms with E-state index in [0.29, 0.717) is 25.1 Å². The van der Waals surface area contributed by atoms with Gasteiger partial charge in [0.25, 0.3) is 5.91 Å². The van der Waals surface area contributed by atoms with Crippen LogP contribution in [0.2, 0.25) is 0 Å². The minimum absolute atomic E-state index is 0.124. The molecule has 0 aliphatic carbocycles. The molecule has 1 atom stereocenters. The molecule has 0 bridgehead atoms. The Bertz CT molecular complexity index is 844. The van der Waals surface area contributed by atoms with Gasteiger partial charge in [-0.25, -0.2) is 0 Å². The van der Waals surface area contributed by atoms with Gasteiger partial charge in [0.15, 0.2) is 0 Å². The number of imide groups is 1. The second-order valence-electron chi connectivity index (χ2n) is 8.00. The molecular weight excluding hydrogens is 346 g/mol. The van der Waals surface area contributed by atoms with Crippen molar-refractivity contribution in [2.75, 3.05) is 19.7 Å². The van der Waals surface area contributed by atoms with Crippen LogP contribution in [0.4, 0.5) is 0 Å². The molecule has 4 aliphatic rings. The van der Waals surface area contributed by atoms with E-state index in [0.717, 1.165) is 43.7 Å². The Morgan fingerprint density at radius 2 is 1.93 bits per heavy atom. The number of nitrogens with zero attached hydrogens (tertiary/aromatic N) is 1. The van der Waals surface area contributed by atoms with E-state index >= 15 is 0 Å². The highest BCUT2D eigenvalue weighted by Crippen LogP contribution is 2.48. The van der Waals surface area contributed by atoms with Crippen LogP contribution in [0.5, 0.6) is 5.75 Å². The first kappa shape index (κ1) is 16.7.